The minimum atomic E-state index is -1.86. The van der Waals surface area contributed by atoms with Crippen molar-refractivity contribution < 1.29 is 68.1 Å². The molecule has 5 aromatic rings. The molecule has 2 aliphatic rings. The monoisotopic (exact) mass is 1500 g/mol. The van der Waals surface area contributed by atoms with E-state index in [0.717, 1.165) is 11.1 Å². The number of hydrogen-bond acceptors (Lipinski definition) is 18. The third-order valence-corrected chi connectivity index (χ3v) is 21.3. The highest BCUT2D eigenvalue weighted by molar-refractivity contribution is 7.98. The van der Waals surface area contributed by atoms with Crippen molar-refractivity contribution in [3.8, 4) is 11.5 Å². The summed E-state index contributed by atoms with van der Waals surface area (Å²) < 4.78 is 0. The van der Waals surface area contributed by atoms with Gasteiger partial charge in [0.25, 0.3) is 0 Å². The van der Waals surface area contributed by atoms with Gasteiger partial charge in [0, 0.05) is 79.6 Å². The molecule has 30 heteroatoms. The molecule has 3 aromatic carbocycles. The molecule has 16 N–H and O–H groups in total. The summed E-state index contributed by atoms with van der Waals surface area (Å²) in [5.41, 5.74) is 5.58. The van der Waals surface area contributed by atoms with Crippen LogP contribution in [0.25, 0.3) is 11.0 Å². The number of pyridine rings is 1. The Morgan fingerprint density at radius 3 is 1.87 bits per heavy atom. The number of phenolic OH excluding ortho intramolecular Hbond substituents is 2. The quantitative estimate of drug-likeness (QED) is 0.0750. The standard InChI is InChI=1S/C76H106N14O14S2/c1-11-55-65(96)79-33-36-106-43-50-18-14-17-49(37-50)42-105-35-29-60(94)86-62(74(6,7)8)70(101)84-58(39-48-23-27-53(93)28-24-48)71(102)90-34-16-20-59(90)68(99)87-61(46(5)91)69(100)83-57(40-51-41-80-63-54(51)19-15-32-78-63)66(97)88-75(9,30-12-13-31-77)72(103)81-45(4)64(95)82-56(38-47-21-25-52(92)26-22-47)67(98)89-76(10,44(2)3)73(104)85-55/h14-15,17-19,21-28,32,37,41,44-46,55-59,61-62,91-93H,11-13,16,20,29-31,33-36,38-40,42-43,77H2,1-10H3,(H,78,80)(H,79,96)(H,81,103)(H,82,95)(H,83,100)(H,84,101)(H,85,104)(H,86,94)(H,87,99)(H,88,97)(H,89,98)/t45-,46+,55-,56-,57-,58-,59-,61-,62?,75-,76-/m0/s1. The van der Waals surface area contributed by atoms with E-state index >= 15 is 9.59 Å². The van der Waals surface area contributed by atoms with Gasteiger partial charge >= 0.3 is 0 Å². The zero-order chi connectivity index (χ0) is 77.6. The zero-order valence-electron chi connectivity index (χ0n) is 62.2. The first-order valence-corrected chi connectivity index (χ1v) is 38.5. The van der Waals surface area contributed by atoms with E-state index in [4.69, 9.17) is 5.73 Å². The molecule has 0 radical (unpaired) electrons. The maximum Gasteiger partial charge on any atom is 0.246 e. The van der Waals surface area contributed by atoms with E-state index in [0.29, 0.717) is 63.6 Å². The molecule has 28 nitrogen and oxygen atoms in total. The summed E-state index contributed by atoms with van der Waals surface area (Å²) in [4.78, 5) is 169. The molecule has 4 heterocycles. The number of rotatable bonds is 13. The Balaban J connectivity index is 1.21. The summed E-state index contributed by atoms with van der Waals surface area (Å²) in [6, 6.07) is 12.5. The van der Waals surface area contributed by atoms with Crippen molar-refractivity contribution in [2.24, 2.45) is 17.1 Å². The predicted octanol–water partition coefficient (Wildman–Crippen LogP) is 3.46. The number of nitrogens with two attached hydrogens (primary N) is 1. The first kappa shape index (κ1) is 84.0. The van der Waals surface area contributed by atoms with Crippen LogP contribution in [0.2, 0.25) is 0 Å². The van der Waals surface area contributed by atoms with Crippen molar-refractivity contribution in [2.45, 2.75) is 210 Å². The molecule has 106 heavy (non-hydrogen) atoms. The van der Waals surface area contributed by atoms with E-state index < -0.39 is 142 Å². The maximum absolute atomic E-state index is 15.2. The number of aromatic amines is 1. The number of aliphatic hydroxyl groups is 1. The van der Waals surface area contributed by atoms with Gasteiger partial charge in [-0.1, -0.05) is 90.1 Å². The van der Waals surface area contributed by atoms with Crippen molar-refractivity contribution in [3.63, 3.8) is 0 Å². The minimum absolute atomic E-state index is 0.0429. The fourth-order valence-electron chi connectivity index (χ4n) is 12.5. The van der Waals surface area contributed by atoms with Crippen LogP contribution in [0.5, 0.6) is 11.5 Å². The van der Waals surface area contributed by atoms with E-state index in [9.17, 15) is 58.5 Å². The van der Waals surface area contributed by atoms with Crippen LogP contribution >= 0.6 is 23.5 Å². The summed E-state index contributed by atoms with van der Waals surface area (Å²) >= 11 is 3.12. The number of aliphatic hydroxyl groups excluding tert-OH is 1. The number of unbranched alkanes of at least 4 members (excludes halogenated alkanes) is 1. The highest BCUT2D eigenvalue weighted by atomic mass is 32.2. The van der Waals surface area contributed by atoms with Crippen molar-refractivity contribution in [2.75, 3.05) is 31.1 Å². The lowest BCUT2D eigenvalue weighted by atomic mass is 9.85. The number of H-pyrrole nitrogens is 1. The summed E-state index contributed by atoms with van der Waals surface area (Å²) in [5.74, 6) is -6.68. The lowest BCUT2D eigenvalue weighted by Gasteiger charge is -2.36. The molecule has 0 saturated carbocycles. The van der Waals surface area contributed by atoms with Gasteiger partial charge in [-0.25, -0.2) is 4.98 Å². The van der Waals surface area contributed by atoms with Crippen LogP contribution in [-0.4, -0.2) is 192 Å². The molecule has 11 amide bonds. The second-order valence-electron chi connectivity index (χ2n) is 29.1. The number of nitrogens with one attached hydrogen (secondary N) is 11. The Hall–Kier alpha value is -9.26. The van der Waals surface area contributed by atoms with Crippen molar-refractivity contribution in [1.82, 2.24) is 68.0 Å². The number of aromatic nitrogens is 2. The molecule has 0 spiro atoms. The number of nitrogens with zero attached hydrogens (tertiary/aromatic N) is 2. The number of phenols is 2. The smallest absolute Gasteiger partial charge is 0.246 e. The summed E-state index contributed by atoms with van der Waals surface area (Å²) in [6.45, 7) is 16.6. The molecule has 2 bridgehead atoms. The van der Waals surface area contributed by atoms with Gasteiger partial charge in [-0.2, -0.15) is 23.5 Å². The van der Waals surface area contributed by atoms with Crippen molar-refractivity contribution in [1.29, 1.82) is 0 Å². The predicted molar refractivity (Wildman–Crippen MR) is 406 cm³/mol. The Morgan fingerprint density at radius 1 is 0.651 bits per heavy atom. The van der Waals surface area contributed by atoms with Crippen LogP contribution < -0.4 is 58.9 Å². The Labute approximate surface area is 627 Å². The number of carbonyl (C=O) groups is 11. The zero-order valence-corrected chi connectivity index (χ0v) is 63.8. The Morgan fingerprint density at radius 2 is 1.25 bits per heavy atom. The summed E-state index contributed by atoms with van der Waals surface area (Å²) in [6.07, 6.45) is 2.32. The number of thioether (sulfide) groups is 2. The number of fused-ring (bicyclic) bond motifs is 4. The number of aromatic hydroxyl groups is 2. The summed E-state index contributed by atoms with van der Waals surface area (Å²) in [7, 11) is 0. The van der Waals surface area contributed by atoms with E-state index in [-0.39, 0.29) is 82.5 Å². The Kier molecular flexibility index (Phi) is 30.8. The molecule has 2 aliphatic heterocycles. The maximum atomic E-state index is 15.2. The average molecular weight is 1500 g/mol. The van der Waals surface area contributed by atoms with Gasteiger partial charge in [-0.3, -0.25) is 52.7 Å². The van der Waals surface area contributed by atoms with Gasteiger partial charge in [-0.15, -0.1) is 0 Å². The molecule has 1 unspecified atom stereocenters. The van der Waals surface area contributed by atoms with E-state index in [1.165, 1.54) is 68.6 Å². The largest absolute Gasteiger partial charge is 0.508 e. The van der Waals surface area contributed by atoms with Gasteiger partial charge in [-0.05, 0) is 148 Å². The lowest BCUT2D eigenvalue weighted by molar-refractivity contribution is -0.143. The second-order valence-corrected chi connectivity index (χ2v) is 31.3. The minimum Gasteiger partial charge on any atom is -0.508 e. The molecule has 0 aliphatic carbocycles. The van der Waals surface area contributed by atoms with Crippen LogP contribution in [0, 0.1) is 11.3 Å². The molecular weight excluding hydrogens is 1400 g/mol. The first-order valence-electron chi connectivity index (χ1n) is 36.2. The summed E-state index contributed by atoms with van der Waals surface area (Å²) in [5, 5.41) is 60.3. The molecule has 576 valence electrons. The van der Waals surface area contributed by atoms with Crippen LogP contribution in [0.1, 0.15) is 142 Å². The van der Waals surface area contributed by atoms with E-state index in [2.05, 4.69) is 69.2 Å². The van der Waals surface area contributed by atoms with Gasteiger partial charge < -0.3 is 84.1 Å². The Bertz CT molecular complexity index is 3890. The fourth-order valence-corrected chi connectivity index (χ4v) is 14.2. The van der Waals surface area contributed by atoms with Crippen LogP contribution in [0.15, 0.2) is 97.3 Å². The lowest BCUT2D eigenvalue weighted by Crippen LogP contribution is -2.66. The average Bonchev–Trinajstić information content (AvgIpc) is 1.47. The third-order valence-electron chi connectivity index (χ3n) is 19.3. The fraction of sp³-hybridized carbons (Fsp3) is 0.526. The third kappa shape index (κ3) is 23.6. The molecule has 11 atom stereocenters. The second kappa shape index (κ2) is 38.8. The highest BCUT2D eigenvalue weighted by Gasteiger charge is 2.45. The SMILES string of the molecule is CC[C@@H]1NC(=O)[C@](C)(C(C)C)NC(=O)[C@H](Cc2ccc(O)cc2)NC(=O)[C@H](C)NC(=O)[C@](C)(CCCCN)NC(=O)[C@H](Cc2c[nH]c3ncccc23)NC(=O)[C@H]([C@@H](C)O)NC(=O)[C@@H]2CCCN2C(=O)[C@H](Cc2ccc(O)cc2)NC(=O)C(C(C)(C)C)NC(=O)CCSCc2cccc(c2)CSCCNC1=O. The number of amides is 11. The molecule has 1 saturated heterocycles. The molecule has 7 rings (SSSR count). The van der Waals surface area contributed by atoms with Gasteiger partial charge in [0.05, 0.1) is 6.10 Å². The van der Waals surface area contributed by atoms with Gasteiger partial charge in [0.15, 0.2) is 0 Å². The number of benzene rings is 3. The number of carbonyl (C=O) groups excluding carboxylic acids is 11. The van der Waals surface area contributed by atoms with Crippen molar-refractivity contribution in [3.05, 3.63) is 125 Å². The topological polar surface area (TPSA) is 427 Å². The molecule has 2 aromatic heterocycles. The first-order chi connectivity index (χ1) is 50.2. The van der Waals surface area contributed by atoms with Crippen LogP contribution in [0.3, 0.4) is 0 Å². The van der Waals surface area contributed by atoms with Crippen LogP contribution in [0.4, 0.5) is 0 Å². The molecule has 1 fully saturated rings. The number of hydrogen-bond donors (Lipinski definition) is 15. The molecular formula is C76H106N14O14S2. The van der Waals surface area contributed by atoms with E-state index in [1.54, 1.807) is 102 Å². The highest BCUT2D eigenvalue weighted by Crippen LogP contribution is 2.27. The van der Waals surface area contributed by atoms with Gasteiger partial charge in [0.1, 0.15) is 76.6 Å². The van der Waals surface area contributed by atoms with Crippen molar-refractivity contribution >= 4 is 99.5 Å². The normalized spacial score (nSPS) is 25.4. The van der Waals surface area contributed by atoms with Crippen LogP contribution in [-0.2, 0) is 83.5 Å². The van der Waals surface area contributed by atoms with Gasteiger partial charge in [0.2, 0.25) is 65.0 Å². The van der Waals surface area contributed by atoms with E-state index in [1.807, 2.05) is 18.2 Å².